The molecule has 0 saturated heterocycles. The molecule has 1 rings (SSSR count). The molecule has 0 heterocycles. The van der Waals surface area contributed by atoms with Gasteiger partial charge in [0, 0.05) is 19.1 Å². The lowest BCUT2D eigenvalue weighted by atomic mass is 9.94. The Morgan fingerprint density at radius 2 is 1.75 bits per heavy atom. The number of carbonyl (C=O) groups is 1. The normalized spacial score (nSPS) is 12.7. The Kier molecular flexibility index (Phi) is 8.61. The first-order valence-corrected chi connectivity index (χ1v) is 6.43. The van der Waals surface area contributed by atoms with Crippen molar-refractivity contribution in [1.29, 1.82) is 0 Å². The number of hydrogen-bond donors (Lipinski definition) is 1. The SMILES string of the molecule is C=CCN(CC=C)C(=O)C(C)C(N)c1ccccc1.Cl. The van der Waals surface area contributed by atoms with E-state index in [0.717, 1.165) is 5.56 Å². The van der Waals surface area contributed by atoms with Crippen molar-refractivity contribution in [3.63, 3.8) is 0 Å². The fraction of sp³-hybridized carbons (Fsp3) is 0.312. The number of hydrogen-bond acceptors (Lipinski definition) is 2. The van der Waals surface area contributed by atoms with Crippen molar-refractivity contribution in [2.45, 2.75) is 13.0 Å². The highest BCUT2D eigenvalue weighted by molar-refractivity contribution is 5.85. The second kappa shape index (κ2) is 9.34. The molecule has 2 atom stereocenters. The van der Waals surface area contributed by atoms with Crippen LogP contribution in [0, 0.1) is 5.92 Å². The fourth-order valence-electron chi connectivity index (χ4n) is 1.97. The number of benzene rings is 1. The molecule has 0 aliphatic carbocycles. The van der Waals surface area contributed by atoms with Gasteiger partial charge in [-0.2, -0.15) is 0 Å². The molecule has 110 valence electrons. The zero-order valence-electron chi connectivity index (χ0n) is 11.9. The van der Waals surface area contributed by atoms with Crippen molar-refractivity contribution in [2.75, 3.05) is 13.1 Å². The standard InChI is InChI=1S/C16H22N2O.ClH/c1-4-11-18(12-5-2)16(19)13(3)15(17)14-9-7-6-8-10-14;/h4-10,13,15H,1-2,11-12,17H2,3H3;1H. The molecule has 20 heavy (non-hydrogen) atoms. The molecule has 0 bridgehead atoms. The van der Waals surface area contributed by atoms with Crippen molar-refractivity contribution >= 4 is 18.3 Å². The van der Waals surface area contributed by atoms with Crippen LogP contribution in [0.1, 0.15) is 18.5 Å². The maximum absolute atomic E-state index is 12.4. The summed E-state index contributed by atoms with van der Waals surface area (Å²) in [5.41, 5.74) is 7.14. The van der Waals surface area contributed by atoms with Crippen molar-refractivity contribution in [3.05, 3.63) is 61.2 Å². The van der Waals surface area contributed by atoms with Gasteiger partial charge in [0.2, 0.25) is 5.91 Å². The highest BCUT2D eigenvalue weighted by Gasteiger charge is 2.25. The number of carbonyl (C=O) groups excluding carboxylic acids is 1. The minimum Gasteiger partial charge on any atom is -0.335 e. The summed E-state index contributed by atoms with van der Waals surface area (Å²) in [7, 11) is 0. The van der Waals surface area contributed by atoms with Gasteiger partial charge in [0.25, 0.3) is 0 Å². The summed E-state index contributed by atoms with van der Waals surface area (Å²) >= 11 is 0. The molecule has 2 unspecified atom stereocenters. The maximum atomic E-state index is 12.4. The van der Waals surface area contributed by atoms with E-state index in [2.05, 4.69) is 13.2 Å². The lowest BCUT2D eigenvalue weighted by Gasteiger charge is -2.27. The highest BCUT2D eigenvalue weighted by atomic mass is 35.5. The van der Waals surface area contributed by atoms with Crippen molar-refractivity contribution < 1.29 is 4.79 Å². The first-order valence-electron chi connectivity index (χ1n) is 6.43. The predicted octanol–water partition coefficient (Wildman–Crippen LogP) is 2.94. The van der Waals surface area contributed by atoms with Crippen LogP contribution in [0.2, 0.25) is 0 Å². The van der Waals surface area contributed by atoms with Gasteiger partial charge < -0.3 is 10.6 Å². The number of nitrogens with two attached hydrogens (primary N) is 1. The van der Waals surface area contributed by atoms with Crippen molar-refractivity contribution in [3.8, 4) is 0 Å². The van der Waals surface area contributed by atoms with E-state index in [-0.39, 0.29) is 30.3 Å². The smallest absolute Gasteiger partial charge is 0.227 e. The molecule has 1 aromatic carbocycles. The Hall–Kier alpha value is -1.58. The van der Waals surface area contributed by atoms with E-state index in [9.17, 15) is 4.79 Å². The number of nitrogens with zero attached hydrogens (tertiary/aromatic N) is 1. The van der Waals surface area contributed by atoms with Crippen LogP contribution < -0.4 is 5.73 Å². The fourth-order valence-corrected chi connectivity index (χ4v) is 1.97. The van der Waals surface area contributed by atoms with E-state index < -0.39 is 0 Å². The van der Waals surface area contributed by atoms with Crippen molar-refractivity contribution in [2.24, 2.45) is 11.7 Å². The van der Waals surface area contributed by atoms with Gasteiger partial charge in [-0.05, 0) is 5.56 Å². The minimum absolute atomic E-state index is 0. The average Bonchev–Trinajstić information content (AvgIpc) is 2.45. The van der Waals surface area contributed by atoms with Gasteiger partial charge >= 0.3 is 0 Å². The van der Waals surface area contributed by atoms with E-state index in [1.54, 1.807) is 17.1 Å². The first-order chi connectivity index (χ1) is 9.11. The molecule has 0 radical (unpaired) electrons. The van der Waals surface area contributed by atoms with Crippen LogP contribution >= 0.6 is 12.4 Å². The molecule has 2 N–H and O–H groups in total. The summed E-state index contributed by atoms with van der Waals surface area (Å²) in [6, 6.07) is 9.38. The van der Waals surface area contributed by atoms with Gasteiger partial charge in [0.15, 0.2) is 0 Å². The third-order valence-electron chi connectivity index (χ3n) is 3.12. The van der Waals surface area contributed by atoms with Crippen LogP contribution in [0.25, 0.3) is 0 Å². The summed E-state index contributed by atoms with van der Waals surface area (Å²) in [6.07, 6.45) is 3.42. The predicted molar refractivity (Wildman–Crippen MR) is 86.8 cm³/mol. The Morgan fingerprint density at radius 1 is 1.25 bits per heavy atom. The molecular weight excluding hydrogens is 272 g/mol. The van der Waals surface area contributed by atoms with E-state index in [1.165, 1.54) is 0 Å². The number of halogens is 1. The molecule has 0 aromatic heterocycles. The van der Waals surface area contributed by atoms with Crippen molar-refractivity contribution in [1.82, 2.24) is 4.90 Å². The van der Waals surface area contributed by atoms with Gasteiger partial charge in [-0.15, -0.1) is 25.6 Å². The molecule has 0 aliphatic rings. The van der Waals surface area contributed by atoms with E-state index in [4.69, 9.17) is 5.73 Å². The second-order valence-electron chi connectivity index (χ2n) is 4.55. The maximum Gasteiger partial charge on any atom is 0.227 e. The van der Waals surface area contributed by atoms with E-state index >= 15 is 0 Å². The van der Waals surface area contributed by atoms with Gasteiger partial charge in [-0.3, -0.25) is 4.79 Å². The van der Waals surface area contributed by atoms with Gasteiger partial charge in [0.05, 0.1) is 5.92 Å². The quantitative estimate of drug-likeness (QED) is 0.786. The van der Waals surface area contributed by atoms with Gasteiger partial charge in [0.1, 0.15) is 0 Å². The number of amides is 1. The highest BCUT2D eigenvalue weighted by Crippen LogP contribution is 2.21. The molecule has 0 spiro atoms. The Morgan fingerprint density at radius 3 is 2.20 bits per heavy atom. The third kappa shape index (κ3) is 4.83. The summed E-state index contributed by atoms with van der Waals surface area (Å²) in [6.45, 7) is 10.2. The van der Waals surface area contributed by atoms with Crippen LogP contribution in [0.4, 0.5) is 0 Å². The zero-order chi connectivity index (χ0) is 14.3. The van der Waals surface area contributed by atoms with Gasteiger partial charge in [-0.25, -0.2) is 0 Å². The second-order valence-corrected chi connectivity index (χ2v) is 4.55. The Labute approximate surface area is 127 Å². The number of rotatable bonds is 7. The molecule has 3 nitrogen and oxygen atoms in total. The molecule has 0 aliphatic heterocycles. The zero-order valence-corrected chi connectivity index (χ0v) is 12.7. The van der Waals surface area contributed by atoms with Crippen LogP contribution in [-0.4, -0.2) is 23.9 Å². The van der Waals surface area contributed by atoms with Gasteiger partial charge in [-0.1, -0.05) is 49.4 Å². The lowest BCUT2D eigenvalue weighted by Crippen LogP contribution is -2.39. The van der Waals surface area contributed by atoms with Crippen LogP contribution in [0.3, 0.4) is 0 Å². The first kappa shape index (κ1) is 18.4. The molecule has 1 aromatic rings. The van der Waals surface area contributed by atoms with Crippen LogP contribution in [0.5, 0.6) is 0 Å². The monoisotopic (exact) mass is 294 g/mol. The summed E-state index contributed by atoms with van der Waals surface area (Å²) < 4.78 is 0. The van der Waals surface area contributed by atoms with E-state index in [0.29, 0.717) is 13.1 Å². The molecule has 4 heteroatoms. The van der Waals surface area contributed by atoms with E-state index in [1.807, 2.05) is 37.3 Å². The Balaban J connectivity index is 0.00000361. The third-order valence-corrected chi connectivity index (χ3v) is 3.12. The molecular formula is C16H23ClN2O. The molecule has 1 amide bonds. The Bertz CT molecular complexity index is 423. The van der Waals surface area contributed by atoms with Crippen LogP contribution in [-0.2, 0) is 4.79 Å². The summed E-state index contributed by atoms with van der Waals surface area (Å²) in [5, 5.41) is 0. The molecule has 0 saturated carbocycles. The topological polar surface area (TPSA) is 46.3 Å². The summed E-state index contributed by atoms with van der Waals surface area (Å²) in [5.74, 6) is -0.251. The minimum atomic E-state index is -0.300. The lowest BCUT2D eigenvalue weighted by molar-refractivity contribution is -0.134. The largest absolute Gasteiger partial charge is 0.335 e. The summed E-state index contributed by atoms with van der Waals surface area (Å²) in [4.78, 5) is 14.1. The average molecular weight is 295 g/mol. The molecule has 0 fully saturated rings. The van der Waals surface area contributed by atoms with Crippen LogP contribution in [0.15, 0.2) is 55.6 Å².